The second-order valence-corrected chi connectivity index (χ2v) is 7.82. The number of thiazole rings is 1. The summed E-state index contributed by atoms with van der Waals surface area (Å²) in [5.74, 6) is -0.223. The van der Waals surface area contributed by atoms with Crippen molar-refractivity contribution in [3.8, 4) is 11.1 Å². The number of carbonyl (C=O) groups excluding carboxylic acids is 1. The largest absolute Gasteiger partial charge is 0.361 e. The smallest absolute Gasteiger partial charge is 0.275 e. The minimum Gasteiger partial charge on any atom is -0.361 e. The van der Waals surface area contributed by atoms with E-state index in [9.17, 15) is 4.79 Å². The van der Waals surface area contributed by atoms with Gasteiger partial charge in [-0.15, -0.1) is 11.3 Å². The van der Waals surface area contributed by atoms with E-state index in [1.807, 2.05) is 19.2 Å². The van der Waals surface area contributed by atoms with E-state index in [-0.39, 0.29) is 5.91 Å². The molecule has 5 aromatic rings. The number of aromatic nitrogens is 4. The second-order valence-electron chi connectivity index (χ2n) is 6.76. The van der Waals surface area contributed by atoms with E-state index in [0.29, 0.717) is 11.4 Å². The molecule has 0 aliphatic carbocycles. The molecule has 0 aliphatic heterocycles. The molecule has 0 bridgehead atoms. The number of aryl methyl sites for hydroxylation is 2. The average Bonchev–Trinajstić information content (AvgIpc) is 3.42. The van der Waals surface area contributed by atoms with Crippen LogP contribution in [-0.2, 0) is 0 Å². The average molecular weight is 387 g/mol. The van der Waals surface area contributed by atoms with Crippen LogP contribution in [0.25, 0.3) is 32.9 Å². The number of benzene rings is 2. The van der Waals surface area contributed by atoms with Gasteiger partial charge in [0.05, 0.1) is 22.4 Å². The standard InChI is InChI=1S/C21H17N5OS/c1-11-3-4-14(15-5-6-22-20(11)15)13-7-17(16-9-23-26-18(16)8-13)25-21(27)19-10-28-12(2)24-19/h3-10,22H,1-2H3,(H,23,26)(H,25,27). The van der Waals surface area contributed by atoms with Crippen molar-refractivity contribution in [3.05, 3.63) is 64.4 Å². The summed E-state index contributed by atoms with van der Waals surface area (Å²) in [6.45, 7) is 3.97. The summed E-state index contributed by atoms with van der Waals surface area (Å²) in [6, 6.07) is 10.3. The van der Waals surface area contributed by atoms with Gasteiger partial charge >= 0.3 is 0 Å². The molecular weight excluding hydrogens is 370 g/mol. The monoisotopic (exact) mass is 387 g/mol. The van der Waals surface area contributed by atoms with Gasteiger partial charge in [-0.05, 0) is 48.7 Å². The van der Waals surface area contributed by atoms with Crippen LogP contribution in [0.3, 0.4) is 0 Å². The lowest BCUT2D eigenvalue weighted by atomic mass is 9.98. The first-order chi connectivity index (χ1) is 13.6. The second kappa shape index (κ2) is 6.31. The lowest BCUT2D eigenvalue weighted by Gasteiger charge is -2.10. The number of nitrogens with zero attached hydrogens (tertiary/aromatic N) is 2. The van der Waals surface area contributed by atoms with E-state index >= 15 is 0 Å². The molecule has 3 N–H and O–H groups in total. The van der Waals surface area contributed by atoms with E-state index in [4.69, 9.17) is 0 Å². The number of hydrogen-bond donors (Lipinski definition) is 3. The summed E-state index contributed by atoms with van der Waals surface area (Å²) in [7, 11) is 0. The Labute approximate surface area is 164 Å². The third kappa shape index (κ3) is 2.68. The lowest BCUT2D eigenvalue weighted by Crippen LogP contribution is -2.12. The van der Waals surface area contributed by atoms with Crippen LogP contribution >= 0.6 is 11.3 Å². The maximum atomic E-state index is 12.7. The van der Waals surface area contributed by atoms with Gasteiger partial charge in [-0.2, -0.15) is 5.10 Å². The molecule has 0 fully saturated rings. The summed E-state index contributed by atoms with van der Waals surface area (Å²) in [5, 5.41) is 14.8. The van der Waals surface area contributed by atoms with Crippen LogP contribution in [0.2, 0.25) is 0 Å². The Morgan fingerprint density at radius 2 is 2.04 bits per heavy atom. The molecule has 0 saturated carbocycles. The number of hydrogen-bond acceptors (Lipinski definition) is 4. The zero-order chi connectivity index (χ0) is 19.3. The normalized spacial score (nSPS) is 11.4. The summed E-state index contributed by atoms with van der Waals surface area (Å²) < 4.78 is 0. The zero-order valence-corrected chi connectivity index (χ0v) is 16.1. The van der Waals surface area contributed by atoms with E-state index in [1.165, 1.54) is 16.9 Å². The Balaban J connectivity index is 1.64. The van der Waals surface area contributed by atoms with Gasteiger partial charge in [0.25, 0.3) is 5.91 Å². The summed E-state index contributed by atoms with van der Waals surface area (Å²) in [4.78, 5) is 20.2. The number of fused-ring (bicyclic) bond motifs is 2. The molecule has 138 valence electrons. The lowest BCUT2D eigenvalue weighted by molar-refractivity contribution is 0.102. The number of amides is 1. The molecule has 5 rings (SSSR count). The van der Waals surface area contributed by atoms with Crippen molar-refractivity contribution in [2.45, 2.75) is 13.8 Å². The number of anilines is 1. The maximum Gasteiger partial charge on any atom is 0.275 e. The molecule has 0 unspecified atom stereocenters. The molecule has 0 radical (unpaired) electrons. The molecule has 6 nitrogen and oxygen atoms in total. The van der Waals surface area contributed by atoms with Gasteiger partial charge in [0, 0.05) is 27.9 Å². The first-order valence-electron chi connectivity index (χ1n) is 8.88. The van der Waals surface area contributed by atoms with Crippen LogP contribution in [0.15, 0.2) is 48.1 Å². The van der Waals surface area contributed by atoms with Crippen molar-refractivity contribution in [1.29, 1.82) is 0 Å². The predicted molar refractivity (Wildman–Crippen MR) is 113 cm³/mol. The van der Waals surface area contributed by atoms with Gasteiger partial charge in [0.15, 0.2) is 0 Å². The van der Waals surface area contributed by atoms with E-state index < -0.39 is 0 Å². The Bertz CT molecular complexity index is 1340. The molecule has 3 aromatic heterocycles. The number of H-pyrrole nitrogens is 2. The van der Waals surface area contributed by atoms with Gasteiger partial charge in [-0.25, -0.2) is 4.98 Å². The molecule has 28 heavy (non-hydrogen) atoms. The van der Waals surface area contributed by atoms with Gasteiger partial charge in [0.2, 0.25) is 0 Å². The highest BCUT2D eigenvalue weighted by Gasteiger charge is 2.15. The van der Waals surface area contributed by atoms with E-state index in [2.05, 4.69) is 56.7 Å². The number of rotatable bonds is 3. The van der Waals surface area contributed by atoms with E-state index in [1.54, 1.807) is 11.6 Å². The Morgan fingerprint density at radius 3 is 2.86 bits per heavy atom. The first-order valence-corrected chi connectivity index (χ1v) is 9.76. The fourth-order valence-electron chi connectivity index (χ4n) is 3.52. The van der Waals surface area contributed by atoms with Gasteiger partial charge in [0.1, 0.15) is 5.69 Å². The maximum absolute atomic E-state index is 12.7. The number of nitrogens with one attached hydrogen (secondary N) is 3. The molecule has 1 amide bonds. The number of carbonyl (C=O) groups is 1. The van der Waals surface area contributed by atoms with Crippen LogP contribution in [0.4, 0.5) is 5.69 Å². The molecule has 3 heterocycles. The SMILES string of the molecule is Cc1nc(C(=O)Nc2cc(-c3ccc(C)c4[nH]ccc34)cc3[nH]ncc23)cs1. The molecule has 2 aromatic carbocycles. The van der Waals surface area contributed by atoms with Crippen molar-refractivity contribution >= 4 is 44.7 Å². The van der Waals surface area contributed by atoms with Crippen LogP contribution in [0.5, 0.6) is 0 Å². The minimum atomic E-state index is -0.223. The van der Waals surface area contributed by atoms with Crippen molar-refractivity contribution in [3.63, 3.8) is 0 Å². The minimum absolute atomic E-state index is 0.223. The predicted octanol–water partition coefficient (Wildman–Crippen LogP) is 5.04. The fraction of sp³-hybridized carbons (Fsp3) is 0.0952. The van der Waals surface area contributed by atoms with Crippen LogP contribution in [0, 0.1) is 13.8 Å². The molecule has 7 heteroatoms. The van der Waals surface area contributed by atoms with Crippen molar-refractivity contribution in [2.24, 2.45) is 0 Å². The van der Waals surface area contributed by atoms with Crippen LogP contribution in [-0.4, -0.2) is 26.1 Å². The highest BCUT2D eigenvalue weighted by molar-refractivity contribution is 7.09. The summed E-state index contributed by atoms with van der Waals surface area (Å²) in [6.07, 6.45) is 3.67. The molecule has 0 aliphatic rings. The highest BCUT2D eigenvalue weighted by Crippen LogP contribution is 2.35. The zero-order valence-electron chi connectivity index (χ0n) is 15.3. The molecule has 0 spiro atoms. The quantitative estimate of drug-likeness (QED) is 0.405. The number of aromatic amines is 2. The van der Waals surface area contributed by atoms with Gasteiger partial charge < -0.3 is 10.3 Å². The highest BCUT2D eigenvalue weighted by atomic mass is 32.1. The van der Waals surface area contributed by atoms with Crippen molar-refractivity contribution in [2.75, 3.05) is 5.32 Å². The molecular formula is C21H17N5OS. The van der Waals surface area contributed by atoms with E-state index in [0.717, 1.165) is 37.9 Å². The van der Waals surface area contributed by atoms with Crippen LogP contribution < -0.4 is 5.32 Å². The van der Waals surface area contributed by atoms with Crippen LogP contribution in [0.1, 0.15) is 21.1 Å². The molecule has 0 saturated heterocycles. The fourth-order valence-corrected chi connectivity index (χ4v) is 4.11. The van der Waals surface area contributed by atoms with Gasteiger partial charge in [-0.3, -0.25) is 9.89 Å². The van der Waals surface area contributed by atoms with Crippen molar-refractivity contribution in [1.82, 2.24) is 20.2 Å². The Hall–Kier alpha value is -3.45. The topological polar surface area (TPSA) is 86.5 Å². The third-order valence-electron chi connectivity index (χ3n) is 4.90. The van der Waals surface area contributed by atoms with Crippen molar-refractivity contribution < 1.29 is 4.79 Å². The Morgan fingerprint density at radius 1 is 1.14 bits per heavy atom. The van der Waals surface area contributed by atoms with Gasteiger partial charge in [-0.1, -0.05) is 12.1 Å². The summed E-state index contributed by atoms with van der Waals surface area (Å²) >= 11 is 1.46. The summed E-state index contributed by atoms with van der Waals surface area (Å²) in [5.41, 5.74) is 6.41. The third-order valence-corrected chi connectivity index (χ3v) is 5.67. The molecule has 0 atom stereocenters. The Kier molecular flexibility index (Phi) is 3.77. The first kappa shape index (κ1) is 16.7.